The van der Waals surface area contributed by atoms with Gasteiger partial charge in [0.2, 0.25) is 0 Å². The van der Waals surface area contributed by atoms with Gasteiger partial charge in [-0.2, -0.15) is 0 Å². The molecule has 1 unspecified atom stereocenters. The van der Waals surface area contributed by atoms with E-state index in [1.807, 2.05) is 7.05 Å². The summed E-state index contributed by atoms with van der Waals surface area (Å²) < 4.78 is 10.9. The molecule has 3 saturated heterocycles. The molecule has 0 spiro atoms. The number of ether oxygens (including phenoxy) is 2. The van der Waals surface area contributed by atoms with Crippen molar-refractivity contribution in [3.05, 3.63) is 29.8 Å². The number of benzene rings is 1. The van der Waals surface area contributed by atoms with Crippen molar-refractivity contribution in [1.82, 2.24) is 15.1 Å². The van der Waals surface area contributed by atoms with E-state index in [0.717, 1.165) is 78.2 Å². The average Bonchev–Trinajstić information content (AvgIpc) is 3.26. The normalized spacial score (nSPS) is 24.6. The highest BCUT2D eigenvalue weighted by atomic mass is 16.5. The lowest BCUT2D eigenvalue weighted by atomic mass is 10.2. The van der Waals surface area contributed by atoms with Crippen LogP contribution < -0.4 is 10.2 Å². The van der Waals surface area contributed by atoms with Crippen molar-refractivity contribution >= 4 is 11.6 Å². The molecule has 0 aliphatic carbocycles. The molecular weight excluding hydrogens is 354 g/mol. The van der Waals surface area contributed by atoms with Crippen LogP contribution in [0.5, 0.6) is 0 Å². The topological polar surface area (TPSA) is 52.6 Å². The highest BCUT2D eigenvalue weighted by Gasteiger charge is 2.30. The Morgan fingerprint density at radius 1 is 1.00 bits per heavy atom. The minimum Gasteiger partial charge on any atom is -0.379 e. The molecule has 4 rings (SSSR count). The van der Waals surface area contributed by atoms with E-state index >= 15 is 0 Å². The van der Waals surface area contributed by atoms with E-state index in [0.29, 0.717) is 6.04 Å². The molecule has 154 valence electrons. The average molecular weight is 388 g/mol. The quantitative estimate of drug-likeness (QED) is 0.615. The lowest BCUT2D eigenvalue weighted by molar-refractivity contribution is 0.0195. The maximum atomic E-state index is 5.49. The van der Waals surface area contributed by atoms with Crippen LogP contribution in [0.3, 0.4) is 0 Å². The standard InChI is InChI=1S/C21H33N5O2/c1-22-21(26-7-6-20(17-26)25-10-14-28-15-11-25)23-16-18-2-4-19(5-3-18)24-8-12-27-13-9-24/h2-5,20H,6-17H2,1H3,(H,22,23). The summed E-state index contributed by atoms with van der Waals surface area (Å²) in [6.07, 6.45) is 1.20. The van der Waals surface area contributed by atoms with E-state index in [-0.39, 0.29) is 0 Å². The fraction of sp³-hybridized carbons (Fsp3) is 0.667. The molecule has 0 radical (unpaired) electrons. The van der Waals surface area contributed by atoms with Crippen molar-refractivity contribution < 1.29 is 9.47 Å². The van der Waals surface area contributed by atoms with Crippen molar-refractivity contribution in [3.8, 4) is 0 Å². The molecule has 3 fully saturated rings. The Kier molecular flexibility index (Phi) is 6.67. The van der Waals surface area contributed by atoms with Crippen LogP contribution in [0.25, 0.3) is 0 Å². The number of anilines is 1. The van der Waals surface area contributed by atoms with Crippen molar-refractivity contribution in [2.45, 2.75) is 19.0 Å². The molecule has 0 saturated carbocycles. The Hall–Kier alpha value is -1.83. The number of likely N-dealkylation sites (tertiary alicyclic amines) is 1. The first-order valence-electron chi connectivity index (χ1n) is 10.5. The molecule has 0 amide bonds. The van der Waals surface area contributed by atoms with Gasteiger partial charge in [-0.1, -0.05) is 12.1 Å². The molecule has 0 aromatic heterocycles. The number of nitrogens with one attached hydrogen (secondary N) is 1. The number of hydrogen-bond acceptors (Lipinski definition) is 5. The Balaban J connectivity index is 1.27. The first-order chi connectivity index (χ1) is 13.8. The van der Waals surface area contributed by atoms with E-state index < -0.39 is 0 Å². The highest BCUT2D eigenvalue weighted by molar-refractivity contribution is 5.80. The number of morpholine rings is 2. The van der Waals surface area contributed by atoms with E-state index in [1.165, 1.54) is 17.7 Å². The zero-order valence-corrected chi connectivity index (χ0v) is 17.0. The van der Waals surface area contributed by atoms with E-state index in [2.05, 4.69) is 49.3 Å². The third kappa shape index (κ3) is 4.77. The van der Waals surface area contributed by atoms with Crippen molar-refractivity contribution in [2.24, 2.45) is 4.99 Å². The van der Waals surface area contributed by atoms with Gasteiger partial charge in [0.1, 0.15) is 0 Å². The van der Waals surface area contributed by atoms with Crippen LogP contribution in [0, 0.1) is 0 Å². The summed E-state index contributed by atoms with van der Waals surface area (Å²) in [7, 11) is 1.88. The molecule has 3 aliphatic rings. The van der Waals surface area contributed by atoms with E-state index in [9.17, 15) is 0 Å². The second-order valence-corrected chi connectivity index (χ2v) is 7.70. The fourth-order valence-electron chi connectivity index (χ4n) is 4.33. The van der Waals surface area contributed by atoms with Gasteiger partial charge in [0.25, 0.3) is 0 Å². The molecule has 1 N–H and O–H groups in total. The number of guanidine groups is 1. The molecule has 7 nitrogen and oxygen atoms in total. The van der Waals surface area contributed by atoms with Crippen molar-refractivity contribution in [1.29, 1.82) is 0 Å². The maximum Gasteiger partial charge on any atom is 0.193 e. The van der Waals surface area contributed by atoms with Crippen LogP contribution >= 0.6 is 0 Å². The molecule has 1 aromatic carbocycles. The van der Waals surface area contributed by atoms with Crippen LogP contribution in [-0.2, 0) is 16.0 Å². The summed E-state index contributed by atoms with van der Waals surface area (Å²) in [6.45, 7) is 10.4. The van der Waals surface area contributed by atoms with Crippen LogP contribution in [0.15, 0.2) is 29.3 Å². The molecular formula is C21H33N5O2. The third-order valence-electron chi connectivity index (χ3n) is 6.00. The predicted octanol–water partition coefficient (Wildman–Crippen LogP) is 1.01. The third-order valence-corrected chi connectivity index (χ3v) is 6.00. The monoisotopic (exact) mass is 387 g/mol. The maximum absolute atomic E-state index is 5.49. The Morgan fingerprint density at radius 2 is 1.68 bits per heavy atom. The Bertz CT molecular complexity index is 639. The van der Waals surface area contributed by atoms with Crippen LogP contribution in [-0.4, -0.2) is 94.5 Å². The molecule has 0 bridgehead atoms. The first-order valence-corrected chi connectivity index (χ1v) is 10.5. The summed E-state index contributed by atoms with van der Waals surface area (Å²) in [5.41, 5.74) is 2.56. The Labute approximate surface area is 168 Å². The van der Waals surface area contributed by atoms with Gasteiger partial charge in [-0.3, -0.25) is 9.89 Å². The van der Waals surface area contributed by atoms with Gasteiger partial charge >= 0.3 is 0 Å². The largest absolute Gasteiger partial charge is 0.379 e. The fourth-order valence-corrected chi connectivity index (χ4v) is 4.33. The number of nitrogens with zero attached hydrogens (tertiary/aromatic N) is 4. The van der Waals surface area contributed by atoms with Gasteiger partial charge in [0, 0.05) is 64.6 Å². The molecule has 1 aromatic rings. The summed E-state index contributed by atoms with van der Waals surface area (Å²) >= 11 is 0. The van der Waals surface area contributed by atoms with Crippen molar-refractivity contribution in [3.63, 3.8) is 0 Å². The molecule has 3 heterocycles. The molecule has 1 atom stereocenters. The highest BCUT2D eigenvalue weighted by Crippen LogP contribution is 2.18. The van der Waals surface area contributed by atoms with E-state index in [4.69, 9.17) is 9.47 Å². The first kappa shape index (κ1) is 19.5. The minimum absolute atomic E-state index is 0.621. The Morgan fingerprint density at radius 3 is 2.36 bits per heavy atom. The zero-order chi connectivity index (χ0) is 19.2. The SMILES string of the molecule is CN=C(NCc1ccc(N2CCOCC2)cc1)N1CCC(N2CCOCC2)C1. The zero-order valence-electron chi connectivity index (χ0n) is 17.0. The van der Waals surface area contributed by atoms with Gasteiger partial charge in [-0.25, -0.2) is 0 Å². The van der Waals surface area contributed by atoms with Crippen molar-refractivity contribution in [2.75, 3.05) is 77.6 Å². The summed E-state index contributed by atoms with van der Waals surface area (Å²) in [4.78, 5) is 11.9. The summed E-state index contributed by atoms with van der Waals surface area (Å²) in [5.74, 6) is 1.01. The van der Waals surface area contributed by atoms with Gasteiger partial charge in [0.05, 0.1) is 26.4 Å². The lowest BCUT2D eigenvalue weighted by Crippen LogP contribution is -2.46. The number of rotatable bonds is 4. The van der Waals surface area contributed by atoms with Gasteiger partial charge in [-0.15, -0.1) is 0 Å². The summed E-state index contributed by atoms with van der Waals surface area (Å²) in [6, 6.07) is 9.48. The lowest BCUT2D eigenvalue weighted by Gasteiger charge is -2.32. The second kappa shape index (κ2) is 9.58. The number of aliphatic imine (C=N–C) groups is 1. The molecule has 3 aliphatic heterocycles. The predicted molar refractivity (Wildman–Crippen MR) is 112 cm³/mol. The smallest absolute Gasteiger partial charge is 0.193 e. The number of hydrogen-bond donors (Lipinski definition) is 1. The summed E-state index contributed by atoms with van der Waals surface area (Å²) in [5, 5.41) is 3.55. The second-order valence-electron chi connectivity index (χ2n) is 7.70. The van der Waals surface area contributed by atoms with Crippen LogP contribution in [0.4, 0.5) is 5.69 Å². The van der Waals surface area contributed by atoms with Gasteiger partial charge < -0.3 is 24.6 Å². The molecule has 7 heteroatoms. The minimum atomic E-state index is 0.621. The molecule has 28 heavy (non-hydrogen) atoms. The van der Waals surface area contributed by atoms with E-state index in [1.54, 1.807) is 0 Å². The van der Waals surface area contributed by atoms with Crippen LogP contribution in [0.2, 0.25) is 0 Å². The van der Waals surface area contributed by atoms with Gasteiger partial charge in [0.15, 0.2) is 5.96 Å². The van der Waals surface area contributed by atoms with Crippen LogP contribution in [0.1, 0.15) is 12.0 Å². The van der Waals surface area contributed by atoms with Gasteiger partial charge in [-0.05, 0) is 24.1 Å².